The third-order valence-corrected chi connectivity index (χ3v) is 1.54. The van der Waals surface area contributed by atoms with E-state index in [9.17, 15) is 12.9 Å². The quantitative estimate of drug-likeness (QED) is 0.551. The molecule has 0 bridgehead atoms. The minimum Gasteiger partial charge on any atom is -0.445 e. The first-order valence-corrected chi connectivity index (χ1v) is 3.94. The zero-order valence-corrected chi connectivity index (χ0v) is 11.6. The Hall–Kier alpha value is 1.19. The van der Waals surface area contributed by atoms with Gasteiger partial charge in [0.1, 0.15) is 0 Å². The summed E-state index contributed by atoms with van der Waals surface area (Å²) in [5.74, 6) is 0. The van der Waals surface area contributed by atoms with Gasteiger partial charge in [0.2, 0.25) is 0 Å². The van der Waals surface area contributed by atoms with Crippen LogP contribution in [0.25, 0.3) is 0 Å². The van der Waals surface area contributed by atoms with Crippen molar-refractivity contribution in [3.05, 3.63) is 12.1 Å². The average Bonchev–Trinajstić information content (AvgIpc) is 1.85. The van der Waals surface area contributed by atoms with Crippen molar-refractivity contribution in [3.63, 3.8) is 0 Å². The van der Waals surface area contributed by atoms with E-state index >= 15 is 0 Å². The van der Waals surface area contributed by atoms with Crippen molar-refractivity contribution in [2.24, 2.45) is 0 Å². The van der Waals surface area contributed by atoms with Gasteiger partial charge in [-0.1, -0.05) is 6.92 Å². The number of nitrogens with zero attached hydrogens (tertiary/aromatic N) is 1. The number of hydrogen-bond donors (Lipinski definition) is 0. The van der Waals surface area contributed by atoms with Crippen molar-refractivity contribution < 1.29 is 64.3 Å². The SMILES string of the molecule is C=C(CN(C)CCC)[B-](F)(F)F.[K+]. The molecule has 0 atom stereocenters. The van der Waals surface area contributed by atoms with Crippen LogP contribution in [0.3, 0.4) is 0 Å². The van der Waals surface area contributed by atoms with E-state index in [0.717, 1.165) is 6.42 Å². The van der Waals surface area contributed by atoms with Gasteiger partial charge in [0.15, 0.2) is 0 Å². The molecule has 0 unspecified atom stereocenters. The van der Waals surface area contributed by atoms with E-state index in [-0.39, 0.29) is 57.9 Å². The Balaban J connectivity index is 0. The molecule has 6 heteroatoms. The Kier molecular flexibility index (Phi) is 9.56. The molecule has 72 valence electrons. The molecular weight excluding hydrogens is 205 g/mol. The van der Waals surface area contributed by atoms with Gasteiger partial charge in [-0.15, -0.1) is 12.1 Å². The molecule has 0 aromatic rings. The van der Waals surface area contributed by atoms with Crippen LogP contribution in [0.5, 0.6) is 0 Å². The second-order valence-electron chi connectivity index (χ2n) is 2.97. The van der Waals surface area contributed by atoms with Gasteiger partial charge in [0.25, 0.3) is 0 Å². The molecule has 0 saturated carbocycles. The van der Waals surface area contributed by atoms with E-state index in [0.29, 0.717) is 6.54 Å². The van der Waals surface area contributed by atoms with Crippen LogP contribution >= 0.6 is 0 Å². The molecule has 0 radical (unpaired) electrons. The summed E-state index contributed by atoms with van der Waals surface area (Å²) in [6, 6.07) is 0. The minimum atomic E-state index is -4.85. The fourth-order valence-corrected chi connectivity index (χ4v) is 0.911. The predicted molar refractivity (Wildman–Crippen MR) is 46.0 cm³/mol. The van der Waals surface area contributed by atoms with Crippen molar-refractivity contribution in [3.8, 4) is 0 Å². The maximum atomic E-state index is 12.0. The van der Waals surface area contributed by atoms with E-state index in [1.165, 1.54) is 0 Å². The molecule has 0 aliphatic carbocycles. The van der Waals surface area contributed by atoms with Crippen LogP contribution in [0.2, 0.25) is 0 Å². The van der Waals surface area contributed by atoms with Crippen LogP contribution in [0, 0.1) is 0 Å². The molecule has 0 aromatic carbocycles. The monoisotopic (exact) mass is 219 g/mol. The number of likely N-dealkylation sites (N-methyl/N-ethyl adjacent to an activating group) is 1. The molecule has 0 heterocycles. The van der Waals surface area contributed by atoms with Gasteiger partial charge in [-0.05, 0) is 26.6 Å². The van der Waals surface area contributed by atoms with Crippen LogP contribution < -0.4 is 51.4 Å². The molecule has 0 aliphatic rings. The van der Waals surface area contributed by atoms with Gasteiger partial charge in [-0.25, -0.2) is 0 Å². The van der Waals surface area contributed by atoms with Crippen LogP contribution in [0.4, 0.5) is 12.9 Å². The summed E-state index contributed by atoms with van der Waals surface area (Å²) >= 11 is 0. The predicted octanol–water partition coefficient (Wildman–Crippen LogP) is -0.725. The molecule has 0 aliphatic heterocycles. The van der Waals surface area contributed by atoms with Crippen molar-refractivity contribution in [1.82, 2.24) is 4.90 Å². The zero-order valence-electron chi connectivity index (χ0n) is 8.49. The standard InChI is InChI=1S/C7H14BF3N.K/c1-4-5-12(3)6-7(2)8(9,10)11;/h2,4-6H2,1,3H3;/q-1;+1. The van der Waals surface area contributed by atoms with Crippen molar-refractivity contribution in [1.29, 1.82) is 0 Å². The molecule has 0 amide bonds. The number of hydrogen-bond acceptors (Lipinski definition) is 1. The van der Waals surface area contributed by atoms with Crippen LogP contribution in [0.15, 0.2) is 12.1 Å². The summed E-state index contributed by atoms with van der Waals surface area (Å²) in [4.78, 5) is 1.62. The average molecular weight is 219 g/mol. The molecule has 0 rings (SSSR count). The van der Waals surface area contributed by atoms with Crippen molar-refractivity contribution in [2.75, 3.05) is 20.1 Å². The molecule has 0 saturated heterocycles. The topological polar surface area (TPSA) is 3.24 Å². The normalized spacial score (nSPS) is 11.2. The second kappa shape index (κ2) is 7.48. The van der Waals surface area contributed by atoms with E-state index in [1.807, 2.05) is 6.92 Å². The van der Waals surface area contributed by atoms with Gasteiger partial charge in [0, 0.05) is 0 Å². The van der Waals surface area contributed by atoms with Gasteiger partial charge in [-0.2, -0.15) is 0 Å². The first-order valence-electron chi connectivity index (χ1n) is 3.94. The summed E-state index contributed by atoms with van der Waals surface area (Å²) in [5.41, 5.74) is -0.619. The molecule has 0 spiro atoms. The van der Waals surface area contributed by atoms with Gasteiger partial charge in [-0.3, -0.25) is 0 Å². The first-order chi connectivity index (χ1) is 5.38. The molecular formula is C7H14BF3KN. The summed E-state index contributed by atoms with van der Waals surface area (Å²) in [6.07, 6.45) is 0.856. The smallest absolute Gasteiger partial charge is 0.445 e. The van der Waals surface area contributed by atoms with Gasteiger partial charge < -0.3 is 17.8 Å². The second-order valence-corrected chi connectivity index (χ2v) is 2.97. The Morgan fingerprint density at radius 3 is 2.15 bits per heavy atom. The fourth-order valence-electron chi connectivity index (χ4n) is 0.911. The summed E-state index contributed by atoms with van der Waals surface area (Å²) < 4.78 is 36.0. The van der Waals surface area contributed by atoms with Crippen LogP contribution in [0.1, 0.15) is 13.3 Å². The van der Waals surface area contributed by atoms with Gasteiger partial charge >= 0.3 is 58.4 Å². The van der Waals surface area contributed by atoms with Gasteiger partial charge in [0.05, 0.1) is 0 Å². The van der Waals surface area contributed by atoms with E-state index < -0.39 is 12.4 Å². The summed E-state index contributed by atoms with van der Waals surface area (Å²) in [6.45, 7) is 0.686. The third kappa shape index (κ3) is 8.20. The maximum Gasteiger partial charge on any atom is 1.00 e. The Labute approximate surface area is 120 Å². The largest absolute Gasteiger partial charge is 1.00 e. The Bertz CT molecular complexity index is 160. The third-order valence-electron chi connectivity index (χ3n) is 1.54. The first kappa shape index (κ1) is 16.6. The molecule has 0 N–H and O–H groups in total. The number of rotatable bonds is 5. The van der Waals surface area contributed by atoms with E-state index in [2.05, 4.69) is 6.58 Å². The van der Waals surface area contributed by atoms with E-state index in [4.69, 9.17) is 0 Å². The number of halogens is 3. The van der Waals surface area contributed by atoms with Crippen LogP contribution in [-0.2, 0) is 0 Å². The zero-order chi connectivity index (χ0) is 9.78. The molecule has 0 aromatic heterocycles. The van der Waals surface area contributed by atoms with E-state index in [1.54, 1.807) is 11.9 Å². The van der Waals surface area contributed by atoms with Crippen LogP contribution in [-0.4, -0.2) is 32.0 Å². The fraction of sp³-hybridized carbons (Fsp3) is 0.714. The molecule has 13 heavy (non-hydrogen) atoms. The summed E-state index contributed by atoms with van der Waals surface area (Å²) in [7, 11) is 1.66. The Morgan fingerprint density at radius 1 is 1.38 bits per heavy atom. The van der Waals surface area contributed by atoms with Crippen molar-refractivity contribution >= 4 is 6.98 Å². The molecule has 1 nitrogen and oxygen atoms in total. The maximum absolute atomic E-state index is 12.0. The minimum absolute atomic E-state index is 0. The van der Waals surface area contributed by atoms with Crippen molar-refractivity contribution in [2.45, 2.75) is 13.3 Å². The Morgan fingerprint density at radius 2 is 1.85 bits per heavy atom. The summed E-state index contributed by atoms with van der Waals surface area (Å²) in [5, 5.41) is 0. The molecule has 0 fully saturated rings.